The molecule has 0 atom stereocenters. The molecule has 0 aliphatic rings. The van der Waals surface area contributed by atoms with E-state index < -0.39 is 11.9 Å². The topological polar surface area (TPSA) is 154 Å². The molecule has 0 aromatic rings. The van der Waals surface area contributed by atoms with Gasteiger partial charge in [-0.3, -0.25) is 10.8 Å². The molecule has 9 heteroatoms. The Balaban J connectivity index is 3.03. The minimum absolute atomic E-state index is 0.399. The van der Waals surface area contributed by atoms with Crippen LogP contribution in [0.1, 0.15) is 0 Å². The van der Waals surface area contributed by atoms with Crippen LogP contribution in [0.25, 0.3) is 0 Å². The van der Waals surface area contributed by atoms with E-state index in [2.05, 4.69) is 9.88 Å². The van der Waals surface area contributed by atoms with Gasteiger partial charge in [-0.2, -0.15) is 9.88 Å². The molecule has 0 radical (unpaired) electrons. The molecule has 0 fully saturated rings. The summed E-state index contributed by atoms with van der Waals surface area (Å²) in [5.41, 5.74) is 15.2. The molecule has 9 N–H and O–H groups in total. The predicted molar refractivity (Wildman–Crippen MR) is 35.4 cm³/mol. The highest BCUT2D eigenvalue weighted by Crippen LogP contribution is 1.56. The van der Waals surface area contributed by atoms with Crippen molar-refractivity contribution in [2.24, 2.45) is 11.5 Å². The van der Waals surface area contributed by atoms with Crippen molar-refractivity contribution in [3.63, 3.8) is 0 Å². The largest absolute Gasteiger partial charge is 0.368 e. The van der Waals surface area contributed by atoms with Crippen LogP contribution in [0.2, 0.25) is 0 Å². The minimum Gasteiger partial charge on any atom is -0.368 e. The molecule has 0 aromatic carbocycles. The molecule has 64 valence electrons. The molecule has 0 heterocycles. The summed E-state index contributed by atoms with van der Waals surface area (Å²) >= 11 is 0. The standard InChI is InChI=1S/C2H9N7O2/c3-1(4)7-10-9-11-8-2(5)6/h9H,(H4,3,4,7)(H4,5,6,8). The second kappa shape index (κ2) is 5.22. The SMILES string of the molecule is N=C(N)NONONC(=N)N. The van der Waals surface area contributed by atoms with Crippen molar-refractivity contribution in [1.29, 1.82) is 10.8 Å². The Labute approximate surface area is 61.8 Å². The summed E-state index contributed by atoms with van der Waals surface area (Å²) in [6, 6.07) is 0. The number of nitrogens with one attached hydrogen (secondary N) is 5. The Hall–Kier alpha value is -1.58. The van der Waals surface area contributed by atoms with Crippen molar-refractivity contribution in [2.45, 2.75) is 0 Å². The number of hydroxylamine groups is 2. The summed E-state index contributed by atoms with van der Waals surface area (Å²) in [7, 11) is 0. The lowest BCUT2D eigenvalue weighted by atomic mass is 11.1. The first-order chi connectivity index (χ1) is 5.13. The van der Waals surface area contributed by atoms with Crippen molar-refractivity contribution >= 4 is 11.9 Å². The van der Waals surface area contributed by atoms with Gasteiger partial charge in [-0.15, -0.1) is 0 Å². The molecule has 11 heavy (non-hydrogen) atoms. The van der Waals surface area contributed by atoms with E-state index in [1.165, 1.54) is 0 Å². The summed E-state index contributed by atoms with van der Waals surface area (Å²) in [6.07, 6.45) is 0. The Morgan fingerprint density at radius 1 is 1.00 bits per heavy atom. The summed E-state index contributed by atoms with van der Waals surface area (Å²) in [4.78, 5) is 8.32. The molecule has 0 rings (SSSR count). The van der Waals surface area contributed by atoms with Crippen LogP contribution in [0.5, 0.6) is 0 Å². The fourth-order valence-corrected chi connectivity index (χ4v) is 0.172. The normalized spacial score (nSPS) is 8.73. The highest BCUT2D eigenvalue weighted by Gasteiger charge is 1.87. The maximum atomic E-state index is 6.57. The number of hydrogen-bond donors (Lipinski definition) is 7. The monoisotopic (exact) mass is 163 g/mol. The minimum atomic E-state index is -0.399. The van der Waals surface area contributed by atoms with Crippen molar-refractivity contribution < 1.29 is 9.88 Å². The van der Waals surface area contributed by atoms with Gasteiger partial charge < -0.3 is 11.5 Å². The molecule has 0 bridgehead atoms. The fourth-order valence-electron chi connectivity index (χ4n) is 0.172. The molecule has 0 aliphatic heterocycles. The van der Waals surface area contributed by atoms with Crippen molar-refractivity contribution in [3.05, 3.63) is 0 Å². The van der Waals surface area contributed by atoms with E-state index in [9.17, 15) is 0 Å². The number of hydrogen-bond acceptors (Lipinski definition) is 5. The van der Waals surface area contributed by atoms with Crippen LogP contribution in [0.3, 0.4) is 0 Å². The zero-order valence-electron chi connectivity index (χ0n) is 5.47. The summed E-state index contributed by atoms with van der Waals surface area (Å²) < 4.78 is 0. The first-order valence-electron chi connectivity index (χ1n) is 2.39. The maximum Gasteiger partial charge on any atom is 0.211 e. The molecule has 9 nitrogen and oxygen atoms in total. The average Bonchev–Trinajstić information content (AvgIpc) is 1.85. The van der Waals surface area contributed by atoms with Gasteiger partial charge >= 0.3 is 0 Å². The highest BCUT2D eigenvalue weighted by molar-refractivity contribution is 5.73. The first kappa shape index (κ1) is 9.42. The molecular weight excluding hydrogens is 154 g/mol. The van der Waals surface area contributed by atoms with E-state index in [1.807, 2.05) is 11.0 Å². The fraction of sp³-hybridized carbons (Fsp3) is 0. The summed E-state index contributed by atoms with van der Waals surface area (Å²) in [5, 5.41) is 13.1. The van der Waals surface area contributed by atoms with Crippen LogP contribution < -0.4 is 28.1 Å². The van der Waals surface area contributed by atoms with Crippen molar-refractivity contribution in [2.75, 3.05) is 0 Å². The van der Waals surface area contributed by atoms with Gasteiger partial charge in [0.15, 0.2) is 0 Å². The molecular formula is C2H9N7O2. The third kappa shape index (κ3) is 8.42. The lowest BCUT2D eigenvalue weighted by Crippen LogP contribution is -2.40. The van der Waals surface area contributed by atoms with Gasteiger partial charge in [0.05, 0.1) is 0 Å². The van der Waals surface area contributed by atoms with Crippen LogP contribution in [-0.4, -0.2) is 11.9 Å². The first-order valence-corrected chi connectivity index (χ1v) is 2.39. The zero-order chi connectivity index (χ0) is 8.69. The van der Waals surface area contributed by atoms with Crippen molar-refractivity contribution in [3.8, 4) is 0 Å². The van der Waals surface area contributed by atoms with Gasteiger partial charge in [0, 0.05) is 0 Å². The van der Waals surface area contributed by atoms with Gasteiger partial charge in [-0.1, -0.05) is 0 Å². The van der Waals surface area contributed by atoms with Gasteiger partial charge in [0.25, 0.3) is 0 Å². The zero-order valence-corrected chi connectivity index (χ0v) is 5.47. The quantitative estimate of drug-likeness (QED) is 0.102. The number of rotatable bonds is 4. The lowest BCUT2D eigenvalue weighted by Gasteiger charge is -2.05. The molecule has 0 amide bonds. The Morgan fingerprint density at radius 2 is 1.36 bits per heavy atom. The molecule has 0 spiro atoms. The Kier molecular flexibility index (Phi) is 4.47. The highest BCUT2D eigenvalue weighted by atomic mass is 17.0. The average molecular weight is 163 g/mol. The number of nitrogens with two attached hydrogens (primary N) is 2. The molecule has 0 saturated heterocycles. The van der Waals surface area contributed by atoms with Crippen LogP contribution >= 0.6 is 0 Å². The van der Waals surface area contributed by atoms with Crippen molar-refractivity contribution in [1.82, 2.24) is 16.6 Å². The van der Waals surface area contributed by atoms with E-state index in [0.717, 1.165) is 0 Å². The molecule has 0 aliphatic carbocycles. The van der Waals surface area contributed by atoms with Gasteiger partial charge in [0.1, 0.15) is 0 Å². The predicted octanol–water partition coefficient (Wildman–Crippen LogP) is -2.76. The van der Waals surface area contributed by atoms with E-state index >= 15 is 0 Å². The van der Waals surface area contributed by atoms with E-state index in [-0.39, 0.29) is 0 Å². The molecule has 0 saturated carbocycles. The lowest BCUT2D eigenvalue weighted by molar-refractivity contribution is -0.213. The third-order valence-corrected chi connectivity index (χ3v) is 0.405. The molecule has 0 unspecified atom stereocenters. The third-order valence-electron chi connectivity index (χ3n) is 0.405. The van der Waals surface area contributed by atoms with Crippen LogP contribution in [0.15, 0.2) is 0 Å². The van der Waals surface area contributed by atoms with Gasteiger partial charge in [-0.25, -0.2) is 11.0 Å². The second-order valence-electron chi connectivity index (χ2n) is 1.32. The van der Waals surface area contributed by atoms with E-state index in [4.69, 9.17) is 22.3 Å². The van der Waals surface area contributed by atoms with Crippen LogP contribution in [-0.2, 0) is 9.88 Å². The smallest absolute Gasteiger partial charge is 0.211 e. The Bertz CT molecular complexity index is 129. The summed E-state index contributed by atoms with van der Waals surface area (Å²) in [6.45, 7) is 0. The van der Waals surface area contributed by atoms with E-state index in [1.54, 1.807) is 5.64 Å². The second-order valence-corrected chi connectivity index (χ2v) is 1.32. The van der Waals surface area contributed by atoms with Gasteiger partial charge in [-0.05, 0) is 5.64 Å². The molecule has 0 aromatic heterocycles. The number of guanidine groups is 2. The van der Waals surface area contributed by atoms with Gasteiger partial charge in [0.2, 0.25) is 11.9 Å². The maximum absolute atomic E-state index is 6.57. The van der Waals surface area contributed by atoms with Crippen LogP contribution in [0.4, 0.5) is 0 Å². The Morgan fingerprint density at radius 3 is 1.64 bits per heavy atom. The van der Waals surface area contributed by atoms with E-state index in [0.29, 0.717) is 0 Å². The summed E-state index contributed by atoms with van der Waals surface area (Å²) in [5.74, 6) is -0.798. The van der Waals surface area contributed by atoms with Crippen LogP contribution in [0, 0.1) is 10.8 Å².